The van der Waals surface area contributed by atoms with Gasteiger partial charge in [0.2, 0.25) is 0 Å². The van der Waals surface area contributed by atoms with Crippen LogP contribution in [0.1, 0.15) is 39.5 Å². The monoisotopic (exact) mass is 463 g/mol. The van der Waals surface area contributed by atoms with Crippen LogP contribution in [0.2, 0.25) is 0 Å². The topological polar surface area (TPSA) is 75.3 Å². The van der Waals surface area contributed by atoms with Gasteiger partial charge in [-0.1, -0.05) is 5.16 Å². The normalized spacial score (nSPS) is 11.3. The number of halogens is 1. The Labute approximate surface area is 164 Å². The van der Waals surface area contributed by atoms with Crippen LogP contribution in [0.3, 0.4) is 0 Å². The fourth-order valence-electron chi connectivity index (χ4n) is 2.38. The highest BCUT2D eigenvalue weighted by atomic mass is 127. The lowest BCUT2D eigenvalue weighted by Crippen LogP contribution is -2.38. The van der Waals surface area contributed by atoms with E-state index in [0.717, 1.165) is 47.6 Å². The Bertz CT molecular complexity index is 661. The molecule has 0 amide bonds. The fraction of sp³-hybridized carbons (Fsp3) is 0.562. The molecule has 0 atom stereocenters. The van der Waals surface area contributed by atoms with Gasteiger partial charge in [0, 0.05) is 23.5 Å². The van der Waals surface area contributed by atoms with E-state index in [1.165, 1.54) is 10.4 Å². The van der Waals surface area contributed by atoms with E-state index in [1.807, 2.05) is 27.7 Å². The molecule has 24 heavy (non-hydrogen) atoms. The van der Waals surface area contributed by atoms with Crippen molar-refractivity contribution in [2.45, 2.75) is 47.6 Å². The van der Waals surface area contributed by atoms with Crippen molar-refractivity contribution in [3.8, 4) is 0 Å². The van der Waals surface area contributed by atoms with Crippen LogP contribution in [0.5, 0.6) is 0 Å². The zero-order valence-corrected chi connectivity index (χ0v) is 18.0. The standard InChI is InChI=1S/C16H25N5OS.HI/c1-6-17-16(19-9-15-11(3)20-13(5)23-15)18-8-7-14-10(2)21-22-12(14)4;/h6-9H2,1-5H3,(H2,17,18,19);1H. The third-order valence-electron chi connectivity index (χ3n) is 3.57. The lowest BCUT2D eigenvalue weighted by atomic mass is 10.1. The minimum atomic E-state index is 0. The van der Waals surface area contributed by atoms with Crippen LogP contribution < -0.4 is 10.6 Å². The van der Waals surface area contributed by atoms with Gasteiger partial charge in [-0.15, -0.1) is 35.3 Å². The first-order valence-corrected chi connectivity index (χ1v) is 8.69. The number of aliphatic imine (C=N–C) groups is 1. The van der Waals surface area contributed by atoms with Crippen LogP contribution in [0, 0.1) is 27.7 Å². The molecule has 0 radical (unpaired) electrons. The van der Waals surface area contributed by atoms with Crippen molar-refractivity contribution in [3.63, 3.8) is 0 Å². The number of nitrogens with one attached hydrogen (secondary N) is 2. The molecule has 0 aromatic carbocycles. The predicted molar refractivity (Wildman–Crippen MR) is 110 cm³/mol. The summed E-state index contributed by atoms with van der Waals surface area (Å²) in [4.78, 5) is 10.3. The van der Waals surface area contributed by atoms with E-state index in [1.54, 1.807) is 11.3 Å². The van der Waals surface area contributed by atoms with Crippen molar-refractivity contribution >= 4 is 41.3 Å². The number of thiazole rings is 1. The van der Waals surface area contributed by atoms with E-state index in [9.17, 15) is 0 Å². The molecule has 0 aliphatic carbocycles. The molecule has 0 aliphatic rings. The van der Waals surface area contributed by atoms with Crippen LogP contribution in [0.25, 0.3) is 0 Å². The van der Waals surface area contributed by atoms with E-state index in [-0.39, 0.29) is 24.0 Å². The van der Waals surface area contributed by atoms with E-state index in [4.69, 9.17) is 4.52 Å². The number of nitrogens with zero attached hydrogens (tertiary/aromatic N) is 3. The average molecular weight is 463 g/mol. The Hall–Kier alpha value is -1.16. The molecule has 0 unspecified atom stereocenters. The molecule has 2 aromatic heterocycles. The Morgan fingerprint density at radius 2 is 1.92 bits per heavy atom. The minimum Gasteiger partial charge on any atom is -0.361 e. The second-order valence-electron chi connectivity index (χ2n) is 5.42. The number of rotatable bonds is 6. The predicted octanol–water partition coefficient (Wildman–Crippen LogP) is 3.28. The molecule has 0 saturated carbocycles. The van der Waals surface area contributed by atoms with Gasteiger partial charge in [-0.2, -0.15) is 0 Å². The van der Waals surface area contributed by atoms with Gasteiger partial charge in [-0.3, -0.25) is 0 Å². The van der Waals surface area contributed by atoms with Gasteiger partial charge in [0.25, 0.3) is 0 Å². The maximum Gasteiger partial charge on any atom is 0.191 e. The Morgan fingerprint density at radius 3 is 2.46 bits per heavy atom. The van der Waals surface area contributed by atoms with Gasteiger partial charge in [-0.25, -0.2) is 9.98 Å². The van der Waals surface area contributed by atoms with Gasteiger partial charge >= 0.3 is 0 Å². The summed E-state index contributed by atoms with van der Waals surface area (Å²) in [5.41, 5.74) is 3.20. The molecule has 2 N–H and O–H groups in total. The summed E-state index contributed by atoms with van der Waals surface area (Å²) in [5, 5.41) is 11.7. The number of aromatic nitrogens is 2. The highest BCUT2D eigenvalue weighted by Gasteiger charge is 2.09. The van der Waals surface area contributed by atoms with Crippen molar-refractivity contribution in [2.75, 3.05) is 13.1 Å². The molecule has 2 heterocycles. The second-order valence-corrected chi connectivity index (χ2v) is 6.70. The van der Waals surface area contributed by atoms with Crippen LogP contribution >= 0.6 is 35.3 Å². The zero-order valence-electron chi connectivity index (χ0n) is 14.9. The summed E-state index contributed by atoms with van der Waals surface area (Å²) >= 11 is 1.71. The summed E-state index contributed by atoms with van der Waals surface area (Å²) in [6.07, 6.45) is 0.865. The average Bonchev–Trinajstić information content (AvgIpc) is 2.99. The SMILES string of the molecule is CCNC(=NCc1sc(C)nc1C)NCCc1c(C)noc1C.I. The maximum absolute atomic E-state index is 5.19. The molecule has 0 aliphatic heterocycles. The van der Waals surface area contributed by atoms with E-state index in [2.05, 4.69) is 32.7 Å². The highest BCUT2D eigenvalue weighted by molar-refractivity contribution is 14.0. The third-order valence-corrected chi connectivity index (χ3v) is 4.63. The number of hydrogen-bond donors (Lipinski definition) is 2. The second kappa shape index (κ2) is 9.97. The molecule has 6 nitrogen and oxygen atoms in total. The van der Waals surface area contributed by atoms with Crippen LogP contribution in [0.4, 0.5) is 0 Å². The fourth-order valence-corrected chi connectivity index (χ4v) is 3.24. The molecule has 2 rings (SSSR count). The summed E-state index contributed by atoms with van der Waals surface area (Å²) in [5.74, 6) is 1.71. The zero-order chi connectivity index (χ0) is 16.8. The maximum atomic E-state index is 5.19. The quantitative estimate of drug-likeness (QED) is 0.391. The van der Waals surface area contributed by atoms with Crippen LogP contribution in [-0.2, 0) is 13.0 Å². The van der Waals surface area contributed by atoms with Crippen molar-refractivity contribution in [1.82, 2.24) is 20.8 Å². The molecule has 8 heteroatoms. The molecule has 0 saturated heterocycles. The van der Waals surface area contributed by atoms with E-state index in [0.29, 0.717) is 6.54 Å². The Morgan fingerprint density at radius 1 is 1.17 bits per heavy atom. The molecular formula is C16H26IN5OS. The van der Waals surface area contributed by atoms with Gasteiger partial charge in [0.1, 0.15) is 5.76 Å². The highest BCUT2D eigenvalue weighted by Crippen LogP contribution is 2.17. The number of aryl methyl sites for hydroxylation is 4. The van der Waals surface area contributed by atoms with Gasteiger partial charge in [0.05, 0.1) is 22.9 Å². The van der Waals surface area contributed by atoms with Crippen molar-refractivity contribution < 1.29 is 4.52 Å². The molecule has 0 bridgehead atoms. The first-order chi connectivity index (χ1) is 11.0. The summed E-state index contributed by atoms with van der Waals surface area (Å²) < 4.78 is 5.19. The largest absolute Gasteiger partial charge is 0.361 e. The van der Waals surface area contributed by atoms with Crippen molar-refractivity contribution in [2.24, 2.45) is 4.99 Å². The van der Waals surface area contributed by atoms with Gasteiger partial charge in [0.15, 0.2) is 5.96 Å². The Kier molecular flexibility index (Phi) is 8.68. The van der Waals surface area contributed by atoms with Crippen LogP contribution in [-0.4, -0.2) is 29.2 Å². The molecule has 134 valence electrons. The lowest BCUT2D eigenvalue weighted by Gasteiger charge is -2.11. The molecular weight excluding hydrogens is 437 g/mol. The molecule has 2 aromatic rings. The van der Waals surface area contributed by atoms with Gasteiger partial charge in [-0.05, 0) is 41.0 Å². The number of guanidine groups is 1. The summed E-state index contributed by atoms with van der Waals surface area (Å²) in [6, 6.07) is 0. The van der Waals surface area contributed by atoms with Crippen molar-refractivity contribution in [3.05, 3.63) is 32.6 Å². The summed E-state index contributed by atoms with van der Waals surface area (Å²) in [6.45, 7) is 12.3. The molecule has 0 fully saturated rings. The number of hydrogen-bond acceptors (Lipinski definition) is 5. The van der Waals surface area contributed by atoms with E-state index < -0.39 is 0 Å². The van der Waals surface area contributed by atoms with E-state index >= 15 is 0 Å². The first kappa shape index (κ1) is 20.9. The third kappa shape index (κ3) is 5.73. The van der Waals surface area contributed by atoms with Crippen molar-refractivity contribution in [1.29, 1.82) is 0 Å². The smallest absolute Gasteiger partial charge is 0.191 e. The Balaban J connectivity index is 0.00000288. The van der Waals surface area contributed by atoms with Crippen LogP contribution in [0.15, 0.2) is 9.52 Å². The lowest BCUT2D eigenvalue weighted by molar-refractivity contribution is 0.392. The minimum absolute atomic E-state index is 0. The molecule has 0 spiro atoms. The summed E-state index contributed by atoms with van der Waals surface area (Å²) in [7, 11) is 0. The first-order valence-electron chi connectivity index (χ1n) is 7.88. The van der Waals surface area contributed by atoms with Gasteiger partial charge < -0.3 is 15.2 Å².